The van der Waals surface area contributed by atoms with Crippen molar-refractivity contribution < 1.29 is 22.5 Å². The van der Waals surface area contributed by atoms with Gasteiger partial charge in [0.2, 0.25) is 5.91 Å². The van der Waals surface area contributed by atoms with E-state index in [9.17, 15) is 27.7 Å². The highest BCUT2D eigenvalue weighted by atomic mass is 32.2. The molecule has 1 aromatic carbocycles. The molecule has 0 aliphatic rings. The third kappa shape index (κ3) is 5.44. The van der Waals surface area contributed by atoms with Gasteiger partial charge in [-0.3, -0.25) is 14.9 Å². The number of carbonyl (C=O) groups is 1. The second kappa shape index (κ2) is 6.59. The Morgan fingerprint density at radius 2 is 2.14 bits per heavy atom. The van der Waals surface area contributed by atoms with Gasteiger partial charge in [0.1, 0.15) is 21.3 Å². The first-order valence-corrected chi connectivity index (χ1v) is 7.84. The van der Waals surface area contributed by atoms with Crippen LogP contribution in [0.5, 0.6) is 0 Å². The number of hydrogen-bond donors (Lipinski definition) is 2. The van der Waals surface area contributed by atoms with Crippen LogP contribution in [0.15, 0.2) is 18.2 Å². The van der Waals surface area contributed by atoms with Crippen molar-refractivity contribution in [3.63, 3.8) is 0 Å². The Labute approximate surface area is 120 Å². The molecule has 0 saturated heterocycles. The third-order valence-electron chi connectivity index (χ3n) is 2.55. The fourth-order valence-electron chi connectivity index (χ4n) is 1.46. The molecule has 0 bridgehead atoms. The summed E-state index contributed by atoms with van der Waals surface area (Å²) >= 11 is 0. The number of nitro groups is 1. The van der Waals surface area contributed by atoms with Gasteiger partial charge in [-0.2, -0.15) is 0 Å². The predicted octanol–water partition coefficient (Wildman–Crippen LogP) is 0.434. The summed E-state index contributed by atoms with van der Waals surface area (Å²) in [5, 5.41) is 12.9. The molecule has 0 spiro atoms. The summed E-state index contributed by atoms with van der Waals surface area (Å²) in [6, 6.07) is 1.50. The van der Waals surface area contributed by atoms with Gasteiger partial charge in [0.05, 0.1) is 22.8 Å². The fourth-order valence-corrected chi connectivity index (χ4v) is 2.14. The van der Waals surface area contributed by atoms with Crippen molar-refractivity contribution in [2.24, 2.45) is 5.73 Å². The lowest BCUT2D eigenvalue weighted by Crippen LogP contribution is -2.37. The smallest absolute Gasteiger partial charge is 0.295 e. The highest BCUT2D eigenvalue weighted by molar-refractivity contribution is 7.90. The molecule has 0 fully saturated rings. The molecule has 0 saturated carbocycles. The molecular formula is C11H14FN3O5S. The Balaban J connectivity index is 2.81. The topological polar surface area (TPSA) is 132 Å². The first-order valence-electron chi connectivity index (χ1n) is 5.78. The van der Waals surface area contributed by atoms with Crippen molar-refractivity contribution >= 4 is 27.1 Å². The maximum Gasteiger partial charge on any atom is 0.295 e. The quantitative estimate of drug-likeness (QED) is 0.577. The van der Waals surface area contributed by atoms with E-state index >= 15 is 0 Å². The van der Waals surface area contributed by atoms with Crippen LogP contribution in [-0.4, -0.2) is 37.3 Å². The van der Waals surface area contributed by atoms with Gasteiger partial charge < -0.3 is 11.1 Å². The molecule has 0 aromatic heterocycles. The number of halogens is 1. The zero-order chi connectivity index (χ0) is 16.2. The monoisotopic (exact) mass is 319 g/mol. The van der Waals surface area contributed by atoms with Crippen molar-refractivity contribution in [2.75, 3.05) is 17.3 Å². The summed E-state index contributed by atoms with van der Waals surface area (Å²) < 4.78 is 34.9. The third-order valence-corrected chi connectivity index (χ3v) is 3.53. The SMILES string of the molecule is CS(=O)(=O)CCC(N)C(=O)Nc1ccc(F)cc1[N+](=O)[O-]. The van der Waals surface area contributed by atoms with Crippen LogP contribution >= 0.6 is 0 Å². The Morgan fingerprint density at radius 3 is 2.67 bits per heavy atom. The maximum atomic E-state index is 12.9. The van der Waals surface area contributed by atoms with Crippen molar-refractivity contribution in [1.82, 2.24) is 0 Å². The largest absolute Gasteiger partial charge is 0.320 e. The van der Waals surface area contributed by atoms with E-state index in [1.165, 1.54) is 0 Å². The fraction of sp³-hybridized carbons (Fsp3) is 0.364. The molecule has 10 heteroatoms. The Bertz CT molecular complexity index is 662. The predicted molar refractivity (Wildman–Crippen MR) is 74.0 cm³/mol. The van der Waals surface area contributed by atoms with Gasteiger partial charge >= 0.3 is 0 Å². The Morgan fingerprint density at radius 1 is 1.52 bits per heavy atom. The normalized spacial score (nSPS) is 12.7. The molecule has 21 heavy (non-hydrogen) atoms. The summed E-state index contributed by atoms with van der Waals surface area (Å²) in [4.78, 5) is 21.7. The van der Waals surface area contributed by atoms with Gasteiger partial charge in [-0.05, 0) is 18.6 Å². The molecule has 116 valence electrons. The highest BCUT2D eigenvalue weighted by Gasteiger charge is 2.21. The summed E-state index contributed by atoms with van der Waals surface area (Å²) in [6.07, 6.45) is 0.877. The van der Waals surface area contributed by atoms with E-state index in [0.717, 1.165) is 18.4 Å². The van der Waals surface area contributed by atoms with Crippen LogP contribution < -0.4 is 11.1 Å². The van der Waals surface area contributed by atoms with Crippen LogP contribution in [0, 0.1) is 15.9 Å². The minimum atomic E-state index is -3.27. The molecule has 1 aromatic rings. The van der Waals surface area contributed by atoms with E-state index in [1.807, 2.05) is 0 Å². The number of rotatable bonds is 6. The second-order valence-electron chi connectivity index (χ2n) is 4.43. The highest BCUT2D eigenvalue weighted by Crippen LogP contribution is 2.25. The van der Waals surface area contributed by atoms with Crippen LogP contribution in [0.1, 0.15) is 6.42 Å². The number of nitrogens with one attached hydrogen (secondary N) is 1. The number of benzene rings is 1. The second-order valence-corrected chi connectivity index (χ2v) is 6.69. The van der Waals surface area contributed by atoms with E-state index in [4.69, 9.17) is 5.73 Å². The van der Waals surface area contributed by atoms with Gasteiger partial charge in [-0.25, -0.2) is 12.8 Å². The number of nitrogens with zero attached hydrogens (tertiary/aromatic N) is 1. The van der Waals surface area contributed by atoms with Gasteiger partial charge in [0.15, 0.2) is 0 Å². The summed E-state index contributed by atoms with van der Waals surface area (Å²) in [6.45, 7) is 0. The van der Waals surface area contributed by atoms with Crippen molar-refractivity contribution in [1.29, 1.82) is 0 Å². The van der Waals surface area contributed by atoms with Crippen LogP contribution in [0.3, 0.4) is 0 Å². The average Bonchev–Trinajstić information content (AvgIpc) is 2.36. The van der Waals surface area contributed by atoms with Gasteiger partial charge in [-0.15, -0.1) is 0 Å². The molecule has 1 rings (SSSR count). The average molecular weight is 319 g/mol. The summed E-state index contributed by atoms with van der Waals surface area (Å²) in [5.41, 5.74) is 4.69. The lowest BCUT2D eigenvalue weighted by Gasteiger charge is -2.11. The summed E-state index contributed by atoms with van der Waals surface area (Å²) in [5.74, 6) is -1.89. The van der Waals surface area contributed by atoms with E-state index < -0.39 is 38.2 Å². The van der Waals surface area contributed by atoms with E-state index in [1.54, 1.807) is 0 Å². The van der Waals surface area contributed by atoms with Crippen LogP contribution in [0.2, 0.25) is 0 Å². The lowest BCUT2D eigenvalue weighted by atomic mass is 10.2. The number of nitrogens with two attached hydrogens (primary N) is 1. The van der Waals surface area contributed by atoms with Crippen LogP contribution in [-0.2, 0) is 14.6 Å². The number of carbonyl (C=O) groups excluding carboxylic acids is 1. The summed E-state index contributed by atoms with van der Waals surface area (Å²) in [7, 11) is -3.27. The molecule has 0 aliphatic carbocycles. The van der Waals surface area contributed by atoms with Crippen molar-refractivity contribution in [2.45, 2.75) is 12.5 Å². The first-order chi connectivity index (χ1) is 9.60. The van der Waals surface area contributed by atoms with E-state index in [-0.39, 0.29) is 17.9 Å². The minimum absolute atomic E-state index is 0.125. The number of sulfone groups is 1. The molecule has 8 nitrogen and oxygen atoms in total. The van der Waals surface area contributed by atoms with Crippen LogP contribution in [0.25, 0.3) is 0 Å². The lowest BCUT2D eigenvalue weighted by molar-refractivity contribution is -0.384. The number of nitro benzene ring substituents is 1. The molecule has 1 amide bonds. The number of anilines is 1. The first kappa shape index (κ1) is 17.0. The van der Waals surface area contributed by atoms with Gasteiger partial charge in [-0.1, -0.05) is 0 Å². The van der Waals surface area contributed by atoms with E-state index in [2.05, 4.69) is 5.32 Å². The Kier molecular flexibility index (Phi) is 5.33. The molecule has 0 aliphatic heterocycles. The van der Waals surface area contributed by atoms with Crippen molar-refractivity contribution in [3.8, 4) is 0 Å². The molecule has 3 N–H and O–H groups in total. The molecule has 0 heterocycles. The van der Waals surface area contributed by atoms with E-state index in [0.29, 0.717) is 6.07 Å². The standard InChI is InChI=1S/C11H14FN3O5S/c1-21(19,20)5-4-8(13)11(16)14-9-3-2-7(12)6-10(9)15(17)18/h2-3,6,8H,4-5,13H2,1H3,(H,14,16). The number of hydrogen-bond acceptors (Lipinski definition) is 6. The Hall–Kier alpha value is -2.07. The van der Waals surface area contributed by atoms with Crippen molar-refractivity contribution in [3.05, 3.63) is 34.1 Å². The minimum Gasteiger partial charge on any atom is -0.320 e. The number of amides is 1. The molecule has 1 atom stereocenters. The van der Waals surface area contributed by atoms with Gasteiger partial charge in [0.25, 0.3) is 5.69 Å². The maximum absolute atomic E-state index is 12.9. The van der Waals surface area contributed by atoms with Crippen LogP contribution in [0.4, 0.5) is 15.8 Å². The zero-order valence-corrected chi connectivity index (χ0v) is 11.9. The molecular weight excluding hydrogens is 305 g/mol. The molecule has 1 unspecified atom stereocenters. The zero-order valence-electron chi connectivity index (χ0n) is 11.1. The molecule has 0 radical (unpaired) electrons. The van der Waals surface area contributed by atoms with Gasteiger partial charge in [0, 0.05) is 6.26 Å².